The number of hydrogen-bond acceptors (Lipinski definition) is 8. The average molecular weight is 298 g/mol. The second-order valence-corrected chi connectivity index (χ2v) is 5.54. The fourth-order valence-corrected chi connectivity index (χ4v) is 2.06. The lowest BCUT2D eigenvalue weighted by molar-refractivity contribution is -0.804. The molecule has 1 aromatic heterocycles. The zero-order chi connectivity index (χ0) is 15.5. The molecular weight excluding hydrogens is 280 g/mol. The van der Waals surface area contributed by atoms with Gasteiger partial charge in [0.1, 0.15) is 0 Å². The topological polar surface area (TPSA) is 133 Å². The number of aromatic nitrogens is 2. The van der Waals surface area contributed by atoms with Crippen LogP contribution < -0.4 is 5.32 Å². The molecule has 0 unspecified atom stereocenters. The van der Waals surface area contributed by atoms with Crippen LogP contribution in [0.15, 0.2) is 9.74 Å². The normalized spacial score (nSPS) is 17.7. The Balaban J connectivity index is 2.14. The number of nitro groups is 1. The molecule has 10 nitrogen and oxygen atoms in total. The van der Waals surface area contributed by atoms with E-state index >= 15 is 0 Å². The van der Waals surface area contributed by atoms with Crippen molar-refractivity contribution in [3.05, 3.63) is 15.3 Å². The zero-order valence-electron chi connectivity index (χ0n) is 12.0. The molecule has 1 fully saturated rings. The highest BCUT2D eigenvalue weighted by atomic mass is 16.7. The highest BCUT2D eigenvalue weighted by molar-refractivity contribution is 5.53. The largest absolute Gasteiger partial charge is 0.594 e. The molecule has 1 saturated carbocycles. The van der Waals surface area contributed by atoms with Crippen LogP contribution in [-0.2, 0) is 0 Å². The van der Waals surface area contributed by atoms with Crippen molar-refractivity contribution in [1.29, 1.82) is 0 Å². The van der Waals surface area contributed by atoms with Gasteiger partial charge in [0.2, 0.25) is 5.82 Å². The van der Waals surface area contributed by atoms with E-state index in [4.69, 9.17) is 0 Å². The summed E-state index contributed by atoms with van der Waals surface area (Å²) in [6.45, 7) is 2.32. The number of nitrogens with zero attached hydrogens (tertiary/aromatic N) is 5. The Bertz CT molecular complexity index is 535. The monoisotopic (exact) mass is 298 g/mol. The summed E-state index contributed by atoms with van der Waals surface area (Å²) >= 11 is 0. The number of rotatable bonds is 5. The van der Waals surface area contributed by atoms with Gasteiger partial charge in [-0.05, 0) is 28.0 Å². The second kappa shape index (κ2) is 6.02. The summed E-state index contributed by atoms with van der Waals surface area (Å²) in [5, 5.41) is 36.5. The lowest BCUT2D eigenvalue weighted by Gasteiger charge is -2.21. The highest BCUT2D eigenvalue weighted by Gasteiger charge is 2.42. The fourth-order valence-electron chi connectivity index (χ4n) is 2.06. The first-order valence-electron chi connectivity index (χ1n) is 6.84. The van der Waals surface area contributed by atoms with E-state index in [1.807, 2.05) is 0 Å². The summed E-state index contributed by atoms with van der Waals surface area (Å²) in [7, 11) is 0. The average Bonchev–Trinajstić information content (AvgIpc) is 2.87. The molecule has 1 N–H and O–H groups in total. The van der Waals surface area contributed by atoms with Gasteiger partial charge in [0.25, 0.3) is 0 Å². The van der Waals surface area contributed by atoms with E-state index in [0.717, 1.165) is 39.5 Å². The van der Waals surface area contributed by atoms with Gasteiger partial charge < -0.3 is 10.5 Å². The van der Waals surface area contributed by atoms with Crippen molar-refractivity contribution in [2.75, 3.05) is 5.32 Å². The molecule has 2 rings (SSSR count). The van der Waals surface area contributed by atoms with E-state index in [1.54, 1.807) is 0 Å². The van der Waals surface area contributed by atoms with E-state index in [-0.39, 0.29) is 22.5 Å². The predicted octanol–water partition coefficient (Wildman–Crippen LogP) is 2.42. The SMILES string of the molecule is CC(C)([N+](=O)[O-])[N+]([O-])=Nc1nonc1NC1CCCCC1. The summed E-state index contributed by atoms with van der Waals surface area (Å²) in [5.41, 5.74) is -1.89. The smallest absolute Gasteiger partial charge is 0.433 e. The van der Waals surface area contributed by atoms with E-state index in [9.17, 15) is 15.3 Å². The summed E-state index contributed by atoms with van der Waals surface area (Å²) in [6.07, 6.45) is 5.44. The van der Waals surface area contributed by atoms with Crippen molar-refractivity contribution in [1.82, 2.24) is 10.3 Å². The van der Waals surface area contributed by atoms with Crippen molar-refractivity contribution in [3.8, 4) is 0 Å². The lowest BCUT2D eigenvalue weighted by atomic mass is 9.95. The molecule has 0 saturated heterocycles. The molecule has 0 aliphatic heterocycles. The predicted molar refractivity (Wildman–Crippen MR) is 71.6 cm³/mol. The maximum atomic E-state index is 11.8. The third-order valence-corrected chi connectivity index (χ3v) is 3.52. The lowest BCUT2D eigenvalue weighted by Crippen LogP contribution is -2.40. The standard InChI is InChI=1S/C11H18N6O4/c1-11(2,17(19)20)16(18)13-10-9(14-21-15-10)12-8-6-4-3-5-7-8/h8H,3-7H2,1-2H3,(H,12,14). The quantitative estimate of drug-likeness (QED) is 0.290. The Kier molecular flexibility index (Phi) is 4.34. The molecule has 1 heterocycles. The van der Waals surface area contributed by atoms with Crippen molar-refractivity contribution in [2.45, 2.75) is 57.7 Å². The Labute approximate surface area is 120 Å². The zero-order valence-corrected chi connectivity index (χ0v) is 12.0. The van der Waals surface area contributed by atoms with Gasteiger partial charge in [-0.15, -0.1) is 0 Å². The van der Waals surface area contributed by atoms with Gasteiger partial charge in [-0.3, -0.25) is 10.1 Å². The first-order valence-corrected chi connectivity index (χ1v) is 6.84. The number of azo groups is 1. The van der Waals surface area contributed by atoms with Gasteiger partial charge in [-0.2, -0.15) is 0 Å². The first-order chi connectivity index (χ1) is 9.91. The van der Waals surface area contributed by atoms with Crippen LogP contribution in [0, 0.1) is 15.3 Å². The fraction of sp³-hybridized carbons (Fsp3) is 0.818. The number of anilines is 1. The third kappa shape index (κ3) is 3.44. The Morgan fingerprint density at radius 3 is 2.57 bits per heavy atom. The summed E-state index contributed by atoms with van der Waals surface area (Å²) < 4.78 is 4.57. The highest BCUT2D eigenvalue weighted by Crippen LogP contribution is 2.26. The van der Waals surface area contributed by atoms with Gasteiger partial charge in [0, 0.05) is 11.2 Å². The van der Waals surface area contributed by atoms with Crippen LogP contribution in [-0.4, -0.2) is 31.8 Å². The van der Waals surface area contributed by atoms with Gasteiger partial charge in [0.05, 0.1) is 18.8 Å². The molecule has 1 aliphatic rings. The minimum absolute atomic E-state index is 0.00141. The van der Waals surface area contributed by atoms with Crippen LogP contribution in [0.2, 0.25) is 0 Å². The Morgan fingerprint density at radius 2 is 1.95 bits per heavy atom. The van der Waals surface area contributed by atoms with E-state index in [1.165, 1.54) is 6.42 Å². The molecular formula is C11H18N6O4. The molecule has 21 heavy (non-hydrogen) atoms. The van der Waals surface area contributed by atoms with Crippen LogP contribution >= 0.6 is 0 Å². The van der Waals surface area contributed by atoms with Crippen LogP contribution in [0.25, 0.3) is 0 Å². The first kappa shape index (κ1) is 15.1. The number of nitrogens with one attached hydrogen (secondary N) is 1. The van der Waals surface area contributed by atoms with Crippen molar-refractivity contribution < 1.29 is 14.4 Å². The second-order valence-electron chi connectivity index (χ2n) is 5.54. The number of hydrogen-bond donors (Lipinski definition) is 1. The van der Waals surface area contributed by atoms with Gasteiger partial charge in [0.15, 0.2) is 0 Å². The summed E-state index contributed by atoms with van der Waals surface area (Å²) in [4.78, 5) is 10.1. The van der Waals surface area contributed by atoms with Crippen molar-refractivity contribution in [3.63, 3.8) is 0 Å². The van der Waals surface area contributed by atoms with Gasteiger partial charge >= 0.3 is 11.5 Å². The molecule has 1 aliphatic carbocycles. The molecule has 0 aromatic carbocycles. The van der Waals surface area contributed by atoms with E-state index in [2.05, 4.69) is 25.4 Å². The molecule has 10 heteroatoms. The maximum absolute atomic E-state index is 11.8. The van der Waals surface area contributed by atoms with Gasteiger partial charge in [-0.1, -0.05) is 19.3 Å². The van der Waals surface area contributed by atoms with E-state index < -0.39 is 10.6 Å². The maximum Gasteiger partial charge on any atom is 0.433 e. The van der Waals surface area contributed by atoms with Gasteiger partial charge in [-0.25, -0.2) is 4.63 Å². The molecule has 0 bridgehead atoms. The minimum atomic E-state index is -1.89. The summed E-state index contributed by atoms with van der Waals surface area (Å²) in [5.74, 6) is 0.160. The molecule has 0 spiro atoms. The number of hydroxylamine groups is 1. The molecule has 0 amide bonds. The molecule has 0 atom stereocenters. The molecule has 116 valence electrons. The third-order valence-electron chi connectivity index (χ3n) is 3.52. The summed E-state index contributed by atoms with van der Waals surface area (Å²) in [6, 6.07) is 0.225. The Morgan fingerprint density at radius 1 is 1.29 bits per heavy atom. The van der Waals surface area contributed by atoms with E-state index in [0.29, 0.717) is 0 Å². The van der Waals surface area contributed by atoms with Crippen molar-refractivity contribution in [2.24, 2.45) is 5.11 Å². The minimum Gasteiger partial charge on any atom is -0.594 e. The van der Waals surface area contributed by atoms with Crippen molar-refractivity contribution >= 4 is 11.6 Å². The molecule has 1 aromatic rings. The molecule has 0 radical (unpaired) electrons. The Hall–Kier alpha value is -2.26. The van der Waals surface area contributed by atoms with Crippen LogP contribution in [0.1, 0.15) is 46.0 Å². The van der Waals surface area contributed by atoms with Crippen LogP contribution in [0.3, 0.4) is 0 Å². The van der Waals surface area contributed by atoms with Crippen LogP contribution in [0.4, 0.5) is 11.6 Å². The van der Waals surface area contributed by atoms with Crippen LogP contribution in [0.5, 0.6) is 0 Å².